The number of nitrogens with zero attached hydrogens (tertiary/aromatic N) is 4. The van der Waals surface area contributed by atoms with Gasteiger partial charge in [-0.2, -0.15) is 4.98 Å². The van der Waals surface area contributed by atoms with Gasteiger partial charge in [0.05, 0.1) is 17.8 Å². The van der Waals surface area contributed by atoms with Crippen molar-refractivity contribution in [3.05, 3.63) is 23.8 Å². The molecule has 0 aliphatic heterocycles. The lowest BCUT2D eigenvalue weighted by atomic mass is 10.3. The number of ether oxygens (including phenoxy) is 1. The van der Waals surface area contributed by atoms with Crippen LogP contribution in [-0.2, 0) is 7.05 Å². The fourth-order valence-corrected chi connectivity index (χ4v) is 2.44. The van der Waals surface area contributed by atoms with E-state index in [1.165, 1.54) is 0 Å². The number of hydrogen-bond acceptors (Lipinski definition) is 5. The monoisotopic (exact) mass is 260 g/mol. The van der Waals surface area contributed by atoms with Gasteiger partial charge in [-0.25, -0.2) is 9.97 Å². The van der Waals surface area contributed by atoms with Crippen LogP contribution in [0.2, 0.25) is 0 Å². The smallest absolute Gasteiger partial charge is 0.243 e. The quantitative estimate of drug-likeness (QED) is 0.726. The molecule has 0 bridgehead atoms. The summed E-state index contributed by atoms with van der Waals surface area (Å²) in [4.78, 5) is 14.3. The van der Waals surface area contributed by atoms with Gasteiger partial charge in [-0.15, -0.1) is 11.3 Å². The summed E-state index contributed by atoms with van der Waals surface area (Å²) in [6, 6.07) is 3.99. The molecule has 18 heavy (non-hydrogen) atoms. The zero-order valence-corrected chi connectivity index (χ0v) is 10.9. The van der Waals surface area contributed by atoms with Crippen LogP contribution in [0.1, 0.15) is 6.92 Å². The fraction of sp³-hybridized carbons (Fsp3) is 0.250. The molecule has 92 valence electrons. The van der Waals surface area contributed by atoms with E-state index in [2.05, 4.69) is 15.0 Å². The number of aryl methyl sites for hydroxylation is 1. The van der Waals surface area contributed by atoms with Crippen molar-refractivity contribution in [2.24, 2.45) is 7.05 Å². The molecule has 0 radical (unpaired) electrons. The first-order valence-corrected chi connectivity index (χ1v) is 6.53. The van der Waals surface area contributed by atoms with Crippen LogP contribution in [-0.4, -0.2) is 26.1 Å². The third kappa shape index (κ3) is 1.74. The molecule has 3 rings (SSSR count). The van der Waals surface area contributed by atoms with Crippen LogP contribution in [0.25, 0.3) is 21.9 Å². The van der Waals surface area contributed by atoms with Crippen molar-refractivity contribution in [3.63, 3.8) is 0 Å². The molecule has 3 heterocycles. The van der Waals surface area contributed by atoms with Gasteiger partial charge in [0.2, 0.25) is 5.88 Å². The molecule has 3 aromatic rings. The van der Waals surface area contributed by atoms with Crippen LogP contribution in [0.3, 0.4) is 0 Å². The van der Waals surface area contributed by atoms with Gasteiger partial charge in [-0.3, -0.25) is 0 Å². The largest absolute Gasteiger partial charge is 0.476 e. The molecule has 6 heteroatoms. The first-order chi connectivity index (χ1) is 8.79. The maximum absolute atomic E-state index is 5.59. The van der Waals surface area contributed by atoms with Gasteiger partial charge < -0.3 is 9.30 Å². The maximum atomic E-state index is 5.59. The highest BCUT2D eigenvalue weighted by molar-refractivity contribution is 7.13. The van der Waals surface area contributed by atoms with E-state index in [9.17, 15) is 0 Å². The third-order valence-electron chi connectivity index (χ3n) is 2.55. The molecule has 0 N–H and O–H groups in total. The summed E-state index contributed by atoms with van der Waals surface area (Å²) in [5, 5.41) is 2.01. The molecule has 5 nitrogen and oxygen atoms in total. The Labute approximate surface area is 108 Å². The second-order valence-corrected chi connectivity index (χ2v) is 4.74. The topological polar surface area (TPSA) is 52.8 Å². The Kier molecular flexibility index (Phi) is 2.71. The predicted molar refractivity (Wildman–Crippen MR) is 70.8 cm³/mol. The van der Waals surface area contributed by atoms with E-state index in [0.29, 0.717) is 18.1 Å². The molecule has 0 amide bonds. The summed E-state index contributed by atoms with van der Waals surface area (Å²) < 4.78 is 7.42. The highest BCUT2D eigenvalue weighted by atomic mass is 32.1. The van der Waals surface area contributed by atoms with Crippen molar-refractivity contribution in [3.8, 4) is 16.5 Å². The predicted octanol–water partition coefficient (Wildman–Crippen LogP) is 2.49. The normalized spacial score (nSPS) is 11.0. The van der Waals surface area contributed by atoms with Crippen molar-refractivity contribution >= 4 is 22.6 Å². The van der Waals surface area contributed by atoms with Crippen molar-refractivity contribution in [1.82, 2.24) is 19.5 Å². The van der Waals surface area contributed by atoms with Crippen molar-refractivity contribution in [1.29, 1.82) is 0 Å². The Morgan fingerprint density at radius 2 is 2.28 bits per heavy atom. The van der Waals surface area contributed by atoms with Crippen LogP contribution >= 0.6 is 11.3 Å². The highest BCUT2D eigenvalue weighted by Crippen LogP contribution is 2.31. The zero-order chi connectivity index (χ0) is 12.5. The average Bonchev–Trinajstić information content (AvgIpc) is 3.00. The molecule has 0 saturated carbocycles. The number of hydrogen-bond donors (Lipinski definition) is 0. The molecule has 3 aromatic heterocycles. The summed E-state index contributed by atoms with van der Waals surface area (Å²) in [6.45, 7) is 2.50. The van der Waals surface area contributed by atoms with Crippen molar-refractivity contribution < 1.29 is 4.74 Å². The molecule has 0 unspecified atom stereocenters. The lowest BCUT2D eigenvalue weighted by molar-refractivity contribution is 0.328. The molecule has 0 atom stereocenters. The fourth-order valence-electron chi connectivity index (χ4n) is 1.73. The lowest BCUT2D eigenvalue weighted by Gasteiger charge is -2.07. The van der Waals surface area contributed by atoms with E-state index in [-0.39, 0.29) is 0 Å². The van der Waals surface area contributed by atoms with E-state index in [4.69, 9.17) is 4.74 Å². The minimum absolute atomic E-state index is 0.566. The Hall–Kier alpha value is -1.95. The molecule has 0 fully saturated rings. The van der Waals surface area contributed by atoms with Gasteiger partial charge in [-0.1, -0.05) is 6.07 Å². The van der Waals surface area contributed by atoms with Gasteiger partial charge in [0.15, 0.2) is 11.3 Å². The summed E-state index contributed by atoms with van der Waals surface area (Å²) in [5.41, 5.74) is 2.14. The van der Waals surface area contributed by atoms with Crippen LogP contribution < -0.4 is 4.74 Å². The third-order valence-corrected chi connectivity index (χ3v) is 3.43. The van der Waals surface area contributed by atoms with E-state index < -0.39 is 0 Å². The first-order valence-electron chi connectivity index (χ1n) is 5.65. The number of rotatable bonds is 3. The Bertz CT molecular complexity index is 675. The van der Waals surface area contributed by atoms with E-state index >= 15 is 0 Å². The van der Waals surface area contributed by atoms with Crippen LogP contribution in [0, 0.1) is 0 Å². The lowest BCUT2D eigenvalue weighted by Crippen LogP contribution is -2.00. The summed E-state index contributed by atoms with van der Waals surface area (Å²) in [5.74, 6) is 0.566. The van der Waals surface area contributed by atoms with Gasteiger partial charge in [-0.05, 0) is 18.4 Å². The van der Waals surface area contributed by atoms with Crippen LogP contribution in [0.4, 0.5) is 0 Å². The van der Waals surface area contributed by atoms with Crippen LogP contribution in [0.5, 0.6) is 5.88 Å². The molecule has 0 aliphatic rings. The average molecular weight is 260 g/mol. The van der Waals surface area contributed by atoms with E-state index in [0.717, 1.165) is 16.2 Å². The Morgan fingerprint density at radius 1 is 1.39 bits per heavy atom. The van der Waals surface area contributed by atoms with Crippen molar-refractivity contribution in [2.45, 2.75) is 6.92 Å². The van der Waals surface area contributed by atoms with Gasteiger partial charge in [0.25, 0.3) is 0 Å². The molecule has 0 aromatic carbocycles. The minimum Gasteiger partial charge on any atom is -0.476 e. The first kappa shape index (κ1) is 11.2. The maximum Gasteiger partial charge on any atom is 0.243 e. The molecular weight excluding hydrogens is 248 g/mol. The zero-order valence-electron chi connectivity index (χ0n) is 10.1. The van der Waals surface area contributed by atoms with Gasteiger partial charge in [0.1, 0.15) is 5.69 Å². The minimum atomic E-state index is 0.566. The summed E-state index contributed by atoms with van der Waals surface area (Å²) in [6.07, 6.45) is 1.71. The van der Waals surface area contributed by atoms with Gasteiger partial charge >= 0.3 is 0 Å². The number of aromatic nitrogens is 4. The second kappa shape index (κ2) is 4.38. The highest BCUT2D eigenvalue weighted by Gasteiger charge is 2.15. The SMILES string of the molecule is CCOc1nc2c(ncn2C)nc1-c1cccs1. The number of imidazole rings is 1. The van der Waals surface area contributed by atoms with Gasteiger partial charge in [0, 0.05) is 7.05 Å². The van der Waals surface area contributed by atoms with Crippen LogP contribution in [0.15, 0.2) is 23.8 Å². The molecule has 0 spiro atoms. The molecular formula is C12H12N4OS. The number of thiophene rings is 1. The Morgan fingerprint density at radius 3 is 3.00 bits per heavy atom. The summed E-state index contributed by atoms with van der Waals surface area (Å²) >= 11 is 1.61. The standard InChI is InChI=1S/C12H12N4OS/c1-3-17-12-9(8-5-4-6-18-8)14-10-11(15-12)16(2)7-13-10/h4-7H,3H2,1-2H3. The van der Waals surface area contributed by atoms with Crippen molar-refractivity contribution in [2.75, 3.05) is 6.61 Å². The second-order valence-electron chi connectivity index (χ2n) is 3.79. The molecule has 0 aliphatic carbocycles. The Balaban J connectivity index is 2.25. The van der Waals surface area contributed by atoms with E-state index in [1.54, 1.807) is 17.7 Å². The summed E-state index contributed by atoms with van der Waals surface area (Å²) in [7, 11) is 1.89. The number of fused-ring (bicyclic) bond motifs is 1. The molecule has 0 saturated heterocycles. The van der Waals surface area contributed by atoms with E-state index in [1.807, 2.05) is 36.1 Å².